The van der Waals surface area contributed by atoms with E-state index >= 15 is 0 Å². The molecule has 5 heteroatoms. The first-order valence-electron chi connectivity index (χ1n) is 9.05. The van der Waals surface area contributed by atoms with Gasteiger partial charge in [-0.1, -0.05) is 42.5 Å². The lowest BCUT2D eigenvalue weighted by Crippen LogP contribution is -2.42. The van der Waals surface area contributed by atoms with Gasteiger partial charge in [0, 0.05) is 25.6 Å². The third-order valence-corrected chi connectivity index (χ3v) is 5.36. The quantitative estimate of drug-likeness (QED) is 0.916. The molecule has 2 aromatic carbocycles. The lowest BCUT2D eigenvalue weighted by molar-refractivity contribution is -0.125. The summed E-state index contributed by atoms with van der Waals surface area (Å²) in [5, 5.41) is 3.00. The van der Waals surface area contributed by atoms with Crippen molar-refractivity contribution < 1.29 is 14.3 Å². The lowest BCUT2D eigenvalue weighted by atomic mass is 9.93. The third kappa shape index (κ3) is 3.45. The van der Waals surface area contributed by atoms with Crippen molar-refractivity contribution in [2.24, 2.45) is 0 Å². The zero-order valence-electron chi connectivity index (χ0n) is 14.9. The number of hydrogen-bond acceptors (Lipinski definition) is 4. The molecule has 0 radical (unpaired) electrons. The second-order valence-electron chi connectivity index (χ2n) is 6.94. The molecule has 5 nitrogen and oxygen atoms in total. The van der Waals surface area contributed by atoms with Crippen molar-refractivity contribution in [3.05, 3.63) is 65.7 Å². The number of ether oxygens (including phenoxy) is 2. The Morgan fingerprint density at radius 1 is 1.15 bits per heavy atom. The molecule has 0 aromatic heterocycles. The molecule has 2 aliphatic heterocycles. The highest BCUT2D eigenvalue weighted by atomic mass is 16.5. The van der Waals surface area contributed by atoms with Gasteiger partial charge in [0.15, 0.2) is 0 Å². The molecule has 1 N–H and O–H groups in total. The number of amides is 1. The number of likely N-dealkylation sites (tertiary alicyclic amines) is 1. The van der Waals surface area contributed by atoms with Crippen molar-refractivity contribution in [3.8, 4) is 5.75 Å². The molecule has 0 saturated carbocycles. The summed E-state index contributed by atoms with van der Waals surface area (Å²) in [4.78, 5) is 14.3. The number of carbonyl (C=O) groups excluding carboxylic acids is 1. The van der Waals surface area contributed by atoms with Gasteiger partial charge in [0.2, 0.25) is 5.91 Å². The molecular weight excluding hydrogens is 328 g/mol. The van der Waals surface area contributed by atoms with Crippen LogP contribution in [0.5, 0.6) is 5.75 Å². The molecule has 26 heavy (non-hydrogen) atoms. The zero-order valence-corrected chi connectivity index (χ0v) is 14.9. The van der Waals surface area contributed by atoms with Crippen molar-refractivity contribution in [1.29, 1.82) is 0 Å². The minimum Gasteiger partial charge on any atom is -0.497 e. The number of benzene rings is 2. The Morgan fingerprint density at radius 3 is 2.65 bits per heavy atom. The van der Waals surface area contributed by atoms with Gasteiger partial charge in [-0.2, -0.15) is 0 Å². The van der Waals surface area contributed by atoms with Crippen molar-refractivity contribution in [2.45, 2.75) is 24.6 Å². The Labute approximate surface area is 153 Å². The van der Waals surface area contributed by atoms with Crippen LogP contribution in [0.15, 0.2) is 54.6 Å². The molecular formula is C21H24N2O3. The minimum absolute atomic E-state index is 0.0228. The first-order chi connectivity index (χ1) is 12.7. The second kappa shape index (κ2) is 7.48. The smallest absolute Gasteiger partial charge is 0.246 e. The van der Waals surface area contributed by atoms with E-state index in [0.717, 1.165) is 18.8 Å². The number of nitrogens with one attached hydrogen (secondary N) is 1. The molecule has 0 spiro atoms. The van der Waals surface area contributed by atoms with Crippen LogP contribution in [0.4, 0.5) is 0 Å². The van der Waals surface area contributed by atoms with Crippen LogP contribution in [0.1, 0.15) is 17.0 Å². The molecule has 2 heterocycles. The molecule has 0 bridgehead atoms. The average molecular weight is 352 g/mol. The van der Waals surface area contributed by atoms with Crippen LogP contribution >= 0.6 is 0 Å². The van der Waals surface area contributed by atoms with Crippen LogP contribution in [0.2, 0.25) is 0 Å². The van der Waals surface area contributed by atoms with Crippen LogP contribution in [0, 0.1) is 0 Å². The molecule has 0 unspecified atom stereocenters. The molecule has 136 valence electrons. The number of rotatable bonds is 4. The maximum Gasteiger partial charge on any atom is 0.246 e. The van der Waals surface area contributed by atoms with Gasteiger partial charge in [-0.3, -0.25) is 9.69 Å². The maximum absolute atomic E-state index is 11.8. The van der Waals surface area contributed by atoms with Gasteiger partial charge in [0.25, 0.3) is 0 Å². The van der Waals surface area contributed by atoms with Gasteiger partial charge in [-0.05, 0) is 23.3 Å². The molecule has 1 amide bonds. The highest BCUT2D eigenvalue weighted by Crippen LogP contribution is 2.36. The van der Waals surface area contributed by atoms with E-state index in [1.54, 1.807) is 7.11 Å². The van der Waals surface area contributed by atoms with Crippen LogP contribution in [-0.2, 0) is 16.1 Å². The zero-order chi connectivity index (χ0) is 17.9. The fourth-order valence-electron chi connectivity index (χ4n) is 4.02. The van der Waals surface area contributed by atoms with Crippen molar-refractivity contribution in [3.63, 3.8) is 0 Å². The summed E-state index contributed by atoms with van der Waals surface area (Å²) in [6.45, 7) is 2.51. The van der Waals surface area contributed by atoms with E-state index in [9.17, 15) is 4.79 Å². The number of nitrogens with zero attached hydrogens (tertiary/aromatic N) is 1. The van der Waals surface area contributed by atoms with E-state index in [1.165, 1.54) is 11.1 Å². The highest BCUT2D eigenvalue weighted by Gasteiger charge is 2.44. The minimum atomic E-state index is -0.0318. The van der Waals surface area contributed by atoms with E-state index in [2.05, 4.69) is 46.6 Å². The first kappa shape index (κ1) is 17.1. The monoisotopic (exact) mass is 352 g/mol. The highest BCUT2D eigenvalue weighted by molar-refractivity contribution is 5.77. The Balaban J connectivity index is 1.58. The van der Waals surface area contributed by atoms with Crippen LogP contribution in [0.3, 0.4) is 0 Å². The third-order valence-electron chi connectivity index (χ3n) is 5.36. The Kier molecular flexibility index (Phi) is 4.91. The normalized spacial score (nSPS) is 26.0. The van der Waals surface area contributed by atoms with E-state index in [0.29, 0.717) is 6.54 Å². The van der Waals surface area contributed by atoms with Gasteiger partial charge in [0.05, 0.1) is 19.3 Å². The maximum atomic E-state index is 11.8. The molecule has 2 aliphatic rings. The molecule has 2 saturated heterocycles. The number of fused-ring (bicyclic) bond motifs is 1. The Hall–Kier alpha value is -2.37. The van der Waals surface area contributed by atoms with Crippen LogP contribution in [-0.4, -0.2) is 49.8 Å². The topological polar surface area (TPSA) is 50.8 Å². The van der Waals surface area contributed by atoms with Gasteiger partial charge >= 0.3 is 0 Å². The molecule has 4 rings (SSSR count). The van der Waals surface area contributed by atoms with E-state index in [4.69, 9.17) is 9.47 Å². The fraction of sp³-hybridized carbons (Fsp3) is 0.381. The summed E-state index contributed by atoms with van der Waals surface area (Å²) in [6, 6.07) is 18.8. The van der Waals surface area contributed by atoms with E-state index in [1.807, 2.05) is 18.2 Å². The molecule has 3 atom stereocenters. The summed E-state index contributed by atoms with van der Waals surface area (Å²) in [5.41, 5.74) is 2.50. The van der Waals surface area contributed by atoms with Gasteiger partial charge in [-0.15, -0.1) is 0 Å². The summed E-state index contributed by atoms with van der Waals surface area (Å²) in [5.74, 6) is 1.10. The summed E-state index contributed by atoms with van der Waals surface area (Å²) in [7, 11) is 1.68. The van der Waals surface area contributed by atoms with E-state index < -0.39 is 0 Å². The molecule has 2 aromatic rings. The molecule has 0 aliphatic carbocycles. The molecule has 2 fully saturated rings. The summed E-state index contributed by atoms with van der Waals surface area (Å²) >= 11 is 0. The Bertz CT molecular complexity index is 748. The number of methoxy groups -OCH3 is 1. The predicted molar refractivity (Wildman–Crippen MR) is 99.1 cm³/mol. The first-order valence-corrected chi connectivity index (χ1v) is 9.05. The second-order valence-corrected chi connectivity index (χ2v) is 6.94. The SMILES string of the molecule is COc1ccc(CN2C[C@H](c3ccccc3)[C@H]3OCC(=O)NC[C@H]32)cc1. The Morgan fingerprint density at radius 2 is 1.92 bits per heavy atom. The van der Waals surface area contributed by atoms with Crippen LogP contribution < -0.4 is 10.1 Å². The van der Waals surface area contributed by atoms with Gasteiger partial charge < -0.3 is 14.8 Å². The van der Waals surface area contributed by atoms with E-state index in [-0.39, 0.29) is 30.6 Å². The average Bonchev–Trinajstić information content (AvgIpc) is 2.91. The predicted octanol–water partition coefficient (Wildman–Crippen LogP) is 2.18. The lowest BCUT2D eigenvalue weighted by Gasteiger charge is -2.26. The fourth-order valence-corrected chi connectivity index (χ4v) is 4.02. The van der Waals surface area contributed by atoms with Crippen molar-refractivity contribution in [1.82, 2.24) is 10.2 Å². The summed E-state index contributed by atoms with van der Waals surface area (Å²) < 4.78 is 11.3. The largest absolute Gasteiger partial charge is 0.497 e. The standard InChI is InChI=1S/C21H24N2O3/c1-25-17-9-7-15(8-10-17)12-23-13-18(16-5-3-2-4-6-16)21-19(23)11-22-20(24)14-26-21/h2-10,18-19,21H,11-14H2,1H3,(H,22,24)/t18-,19-,21-/m1/s1. The number of hydrogen-bond donors (Lipinski definition) is 1. The number of carbonyl (C=O) groups is 1. The van der Waals surface area contributed by atoms with Gasteiger partial charge in [0.1, 0.15) is 12.4 Å². The van der Waals surface area contributed by atoms with Crippen molar-refractivity contribution >= 4 is 5.91 Å². The van der Waals surface area contributed by atoms with Crippen molar-refractivity contribution in [2.75, 3.05) is 26.8 Å². The van der Waals surface area contributed by atoms with Crippen LogP contribution in [0.25, 0.3) is 0 Å². The summed E-state index contributed by atoms with van der Waals surface area (Å²) in [6.07, 6.45) is 0.0228. The van der Waals surface area contributed by atoms with Gasteiger partial charge in [-0.25, -0.2) is 0 Å².